The van der Waals surface area contributed by atoms with Crippen molar-refractivity contribution in [2.75, 3.05) is 6.54 Å². The number of aromatic nitrogens is 1. The van der Waals surface area contributed by atoms with E-state index in [1.54, 1.807) is 22.7 Å². The topological polar surface area (TPSA) is 33.2 Å². The molecule has 0 radical (unpaired) electrons. The van der Waals surface area contributed by atoms with Gasteiger partial charge in [-0.1, -0.05) is 30.3 Å². The van der Waals surface area contributed by atoms with Crippen molar-refractivity contribution in [1.29, 1.82) is 0 Å². The van der Waals surface area contributed by atoms with Gasteiger partial charge in [-0.2, -0.15) is 0 Å². The van der Waals surface area contributed by atoms with E-state index in [0.717, 1.165) is 35.8 Å². The standard InChI is InChI=1S/C18H16N2OS2/c21-17(20-8-6-16-14(11-20)7-9-22-16)10-15-12-23-18(19-15)13-4-2-1-3-5-13/h1-5,7,9,12H,6,8,10-11H2. The third-order valence-corrected chi connectivity index (χ3v) is 6.03. The number of amides is 1. The Hall–Kier alpha value is -1.98. The fourth-order valence-corrected chi connectivity index (χ4v) is 4.55. The van der Waals surface area contributed by atoms with Gasteiger partial charge < -0.3 is 4.90 Å². The van der Waals surface area contributed by atoms with Gasteiger partial charge >= 0.3 is 0 Å². The van der Waals surface area contributed by atoms with Crippen LogP contribution in [0.5, 0.6) is 0 Å². The fraction of sp³-hybridized carbons (Fsp3) is 0.222. The van der Waals surface area contributed by atoms with Crippen LogP contribution >= 0.6 is 22.7 Å². The van der Waals surface area contributed by atoms with Crippen molar-refractivity contribution in [2.45, 2.75) is 19.4 Å². The molecule has 0 saturated carbocycles. The van der Waals surface area contributed by atoms with E-state index in [4.69, 9.17) is 0 Å². The molecule has 3 aromatic rings. The molecule has 1 aromatic carbocycles. The highest BCUT2D eigenvalue weighted by Crippen LogP contribution is 2.26. The van der Waals surface area contributed by atoms with Crippen LogP contribution in [0.25, 0.3) is 10.6 Å². The average Bonchev–Trinajstić information content (AvgIpc) is 3.24. The highest BCUT2D eigenvalue weighted by molar-refractivity contribution is 7.13. The first-order valence-corrected chi connectivity index (χ1v) is 9.38. The monoisotopic (exact) mass is 340 g/mol. The van der Waals surface area contributed by atoms with Crippen LogP contribution in [0.15, 0.2) is 47.2 Å². The molecule has 0 atom stereocenters. The lowest BCUT2D eigenvalue weighted by Crippen LogP contribution is -2.36. The molecule has 0 N–H and O–H groups in total. The zero-order valence-electron chi connectivity index (χ0n) is 12.6. The molecule has 1 amide bonds. The lowest BCUT2D eigenvalue weighted by atomic mass is 10.1. The average molecular weight is 340 g/mol. The first-order chi connectivity index (χ1) is 11.3. The van der Waals surface area contributed by atoms with E-state index in [0.29, 0.717) is 6.42 Å². The minimum absolute atomic E-state index is 0.173. The number of thiazole rings is 1. The van der Waals surface area contributed by atoms with Crippen LogP contribution in [0.2, 0.25) is 0 Å². The van der Waals surface area contributed by atoms with Crippen LogP contribution in [0.3, 0.4) is 0 Å². The molecule has 0 aliphatic carbocycles. The van der Waals surface area contributed by atoms with Crippen molar-refractivity contribution in [2.24, 2.45) is 0 Å². The van der Waals surface area contributed by atoms with Gasteiger partial charge in [0.2, 0.25) is 5.91 Å². The maximum absolute atomic E-state index is 12.5. The van der Waals surface area contributed by atoms with Crippen molar-refractivity contribution >= 4 is 28.6 Å². The summed E-state index contributed by atoms with van der Waals surface area (Å²) in [5.41, 5.74) is 3.28. The number of nitrogens with zero attached hydrogens (tertiary/aromatic N) is 2. The van der Waals surface area contributed by atoms with Gasteiger partial charge in [-0.25, -0.2) is 4.98 Å². The predicted octanol–water partition coefficient (Wildman–Crippen LogP) is 4.00. The van der Waals surface area contributed by atoms with Gasteiger partial charge in [0.1, 0.15) is 5.01 Å². The van der Waals surface area contributed by atoms with Crippen molar-refractivity contribution in [3.8, 4) is 10.6 Å². The molecule has 0 unspecified atom stereocenters. The van der Waals surface area contributed by atoms with Crippen molar-refractivity contribution in [3.05, 3.63) is 63.3 Å². The Labute approximate surface area is 143 Å². The van der Waals surface area contributed by atoms with E-state index in [2.05, 4.69) is 16.4 Å². The molecule has 23 heavy (non-hydrogen) atoms. The molecule has 1 aliphatic rings. The van der Waals surface area contributed by atoms with E-state index in [1.165, 1.54) is 10.4 Å². The Kier molecular flexibility index (Phi) is 3.97. The van der Waals surface area contributed by atoms with Gasteiger partial charge in [0.25, 0.3) is 0 Å². The first kappa shape index (κ1) is 14.6. The summed E-state index contributed by atoms with van der Waals surface area (Å²) in [6.07, 6.45) is 1.37. The number of fused-ring (bicyclic) bond motifs is 1. The number of hydrogen-bond acceptors (Lipinski definition) is 4. The quantitative estimate of drug-likeness (QED) is 0.722. The number of rotatable bonds is 3. The zero-order chi connectivity index (χ0) is 15.6. The molecule has 3 heterocycles. The third kappa shape index (κ3) is 3.07. The van der Waals surface area contributed by atoms with Crippen LogP contribution in [0.4, 0.5) is 0 Å². The Bertz CT molecular complexity index is 822. The van der Waals surface area contributed by atoms with Crippen LogP contribution in [-0.4, -0.2) is 22.3 Å². The smallest absolute Gasteiger partial charge is 0.228 e. The normalized spacial score (nSPS) is 13.8. The van der Waals surface area contributed by atoms with E-state index in [1.807, 2.05) is 40.6 Å². The third-order valence-electron chi connectivity index (χ3n) is 4.07. The van der Waals surface area contributed by atoms with Crippen LogP contribution < -0.4 is 0 Å². The second-order valence-corrected chi connectivity index (χ2v) is 7.48. The van der Waals surface area contributed by atoms with E-state index in [9.17, 15) is 4.79 Å². The summed E-state index contributed by atoms with van der Waals surface area (Å²) in [6.45, 7) is 1.56. The van der Waals surface area contributed by atoms with Crippen LogP contribution in [0, 0.1) is 0 Å². The maximum atomic E-state index is 12.5. The molecule has 0 saturated heterocycles. The van der Waals surface area contributed by atoms with Gasteiger partial charge in [-0.3, -0.25) is 4.79 Å². The summed E-state index contributed by atoms with van der Waals surface area (Å²) in [5, 5.41) is 5.10. The summed E-state index contributed by atoms with van der Waals surface area (Å²) < 4.78 is 0. The molecule has 1 aliphatic heterocycles. The van der Waals surface area contributed by atoms with Gasteiger partial charge in [0.15, 0.2) is 0 Å². The van der Waals surface area contributed by atoms with Crippen molar-refractivity contribution in [1.82, 2.24) is 9.88 Å². The molecular weight excluding hydrogens is 324 g/mol. The lowest BCUT2D eigenvalue weighted by Gasteiger charge is -2.26. The van der Waals surface area contributed by atoms with Crippen LogP contribution in [0.1, 0.15) is 16.1 Å². The summed E-state index contributed by atoms with van der Waals surface area (Å²) in [6, 6.07) is 12.2. The molecule has 116 valence electrons. The van der Waals surface area contributed by atoms with Gasteiger partial charge in [-0.15, -0.1) is 22.7 Å². The highest BCUT2D eigenvalue weighted by atomic mass is 32.1. The molecular formula is C18H16N2OS2. The largest absolute Gasteiger partial charge is 0.338 e. The van der Waals surface area contributed by atoms with Gasteiger partial charge in [0.05, 0.1) is 12.1 Å². The summed E-state index contributed by atoms with van der Waals surface area (Å²) in [4.78, 5) is 20.5. The minimum atomic E-state index is 0.173. The maximum Gasteiger partial charge on any atom is 0.228 e. The number of carbonyl (C=O) groups excluding carboxylic acids is 1. The zero-order valence-corrected chi connectivity index (χ0v) is 14.2. The SMILES string of the molecule is O=C(Cc1csc(-c2ccccc2)n1)N1CCc2sccc2C1. The highest BCUT2D eigenvalue weighted by Gasteiger charge is 2.22. The molecule has 3 nitrogen and oxygen atoms in total. The predicted molar refractivity (Wildman–Crippen MR) is 94.7 cm³/mol. The lowest BCUT2D eigenvalue weighted by molar-refractivity contribution is -0.131. The number of hydrogen-bond donors (Lipinski definition) is 0. The van der Waals surface area contributed by atoms with E-state index < -0.39 is 0 Å². The Morgan fingerprint density at radius 1 is 1.17 bits per heavy atom. The molecule has 2 aromatic heterocycles. The van der Waals surface area contributed by atoms with E-state index in [-0.39, 0.29) is 5.91 Å². The first-order valence-electron chi connectivity index (χ1n) is 7.62. The number of thiophene rings is 1. The minimum Gasteiger partial charge on any atom is -0.338 e. The Morgan fingerprint density at radius 2 is 2.04 bits per heavy atom. The molecule has 0 fully saturated rings. The van der Waals surface area contributed by atoms with Gasteiger partial charge in [-0.05, 0) is 23.4 Å². The molecule has 4 rings (SSSR count). The fourth-order valence-electron chi connectivity index (χ4n) is 2.83. The van der Waals surface area contributed by atoms with Crippen LogP contribution in [-0.2, 0) is 24.2 Å². The van der Waals surface area contributed by atoms with Crippen molar-refractivity contribution < 1.29 is 4.79 Å². The second-order valence-electron chi connectivity index (χ2n) is 5.62. The van der Waals surface area contributed by atoms with Gasteiger partial charge in [0, 0.05) is 28.9 Å². The summed E-state index contributed by atoms with van der Waals surface area (Å²) >= 11 is 3.40. The Morgan fingerprint density at radius 3 is 2.91 bits per heavy atom. The Balaban J connectivity index is 1.45. The number of benzene rings is 1. The molecule has 5 heteroatoms. The molecule has 0 spiro atoms. The van der Waals surface area contributed by atoms with Crippen molar-refractivity contribution in [3.63, 3.8) is 0 Å². The second kappa shape index (κ2) is 6.26. The summed E-state index contributed by atoms with van der Waals surface area (Å²) in [7, 11) is 0. The van der Waals surface area contributed by atoms with E-state index >= 15 is 0 Å². The molecule has 0 bridgehead atoms. The summed E-state index contributed by atoms with van der Waals surface area (Å²) in [5.74, 6) is 0.173. The number of carbonyl (C=O) groups is 1.